The van der Waals surface area contributed by atoms with Gasteiger partial charge < -0.3 is 5.73 Å². The Morgan fingerprint density at radius 1 is 1.36 bits per heavy atom. The molecule has 1 nitrogen and oxygen atoms in total. The molecule has 1 aromatic carbocycles. The van der Waals surface area contributed by atoms with Crippen molar-refractivity contribution in [3.63, 3.8) is 0 Å². The van der Waals surface area contributed by atoms with Crippen LogP contribution in [0, 0.1) is 11.6 Å². The van der Waals surface area contributed by atoms with Gasteiger partial charge >= 0.3 is 0 Å². The second-order valence-corrected chi connectivity index (χ2v) is 4.09. The van der Waals surface area contributed by atoms with Crippen molar-refractivity contribution in [2.24, 2.45) is 5.73 Å². The van der Waals surface area contributed by atoms with E-state index in [1.165, 1.54) is 12.1 Å². The molecule has 0 aliphatic heterocycles. The zero-order valence-corrected chi connectivity index (χ0v) is 9.00. The van der Waals surface area contributed by atoms with E-state index in [1.54, 1.807) is 13.2 Å². The number of rotatable bonds is 3. The van der Waals surface area contributed by atoms with Gasteiger partial charge in [0, 0.05) is 6.04 Å². The topological polar surface area (TPSA) is 26.0 Å². The number of hydrogen-bond acceptors (Lipinski definition) is 2. The van der Waals surface area contributed by atoms with Crippen molar-refractivity contribution in [2.45, 2.75) is 24.3 Å². The summed E-state index contributed by atoms with van der Waals surface area (Å²) in [5.74, 6) is -1.01. The molecular weight excluding hydrogens is 204 g/mol. The number of hydrogen-bond donors (Lipinski definition) is 1. The Balaban J connectivity index is 3.01. The van der Waals surface area contributed by atoms with Crippen LogP contribution in [0.25, 0.3) is 0 Å². The van der Waals surface area contributed by atoms with Gasteiger partial charge in [0.1, 0.15) is 11.6 Å². The smallest absolute Gasteiger partial charge is 0.139 e. The van der Waals surface area contributed by atoms with Crippen LogP contribution in [0.1, 0.15) is 12.5 Å². The average Bonchev–Trinajstić information content (AvgIpc) is 2.01. The maximum atomic E-state index is 13.3. The van der Waals surface area contributed by atoms with Crippen molar-refractivity contribution < 1.29 is 8.78 Å². The summed E-state index contributed by atoms with van der Waals surface area (Å²) in [7, 11) is 0. The van der Waals surface area contributed by atoms with Crippen molar-refractivity contribution >= 4 is 11.8 Å². The second kappa shape index (κ2) is 4.75. The Bertz CT molecular complexity index is 303. The minimum Gasteiger partial charge on any atom is -0.328 e. The molecule has 0 spiro atoms. The first-order chi connectivity index (χ1) is 6.54. The van der Waals surface area contributed by atoms with E-state index in [1.807, 2.05) is 0 Å². The molecule has 0 aromatic heterocycles. The van der Waals surface area contributed by atoms with Crippen molar-refractivity contribution in [1.82, 2.24) is 0 Å². The first-order valence-corrected chi connectivity index (χ1v) is 5.54. The van der Waals surface area contributed by atoms with E-state index in [9.17, 15) is 8.78 Å². The van der Waals surface area contributed by atoms with Crippen LogP contribution in [0.2, 0.25) is 0 Å². The SMILES string of the molecule is CSc1c(F)cc(CC(C)N)cc1F. The normalized spacial score (nSPS) is 12.9. The molecule has 0 radical (unpaired) electrons. The number of halogens is 2. The summed E-state index contributed by atoms with van der Waals surface area (Å²) in [5.41, 5.74) is 6.15. The molecule has 1 aromatic rings. The lowest BCUT2D eigenvalue weighted by Gasteiger charge is -2.08. The molecule has 78 valence electrons. The highest BCUT2D eigenvalue weighted by Crippen LogP contribution is 2.24. The molecule has 0 bridgehead atoms. The van der Waals surface area contributed by atoms with Gasteiger partial charge in [-0.15, -0.1) is 11.8 Å². The maximum Gasteiger partial charge on any atom is 0.139 e. The molecule has 2 N–H and O–H groups in total. The number of thioether (sulfide) groups is 1. The molecule has 0 saturated heterocycles. The molecule has 4 heteroatoms. The Morgan fingerprint density at radius 2 is 1.86 bits per heavy atom. The van der Waals surface area contributed by atoms with Crippen LogP contribution in [0.3, 0.4) is 0 Å². The lowest BCUT2D eigenvalue weighted by Crippen LogP contribution is -2.18. The van der Waals surface area contributed by atoms with Crippen molar-refractivity contribution in [2.75, 3.05) is 6.26 Å². The first kappa shape index (κ1) is 11.5. The summed E-state index contributed by atoms with van der Waals surface area (Å²) in [6.45, 7) is 1.80. The van der Waals surface area contributed by atoms with Gasteiger partial charge in [-0.25, -0.2) is 8.78 Å². The van der Waals surface area contributed by atoms with Crippen molar-refractivity contribution in [1.29, 1.82) is 0 Å². The summed E-state index contributed by atoms with van der Waals surface area (Å²) in [4.78, 5) is 0.0680. The van der Waals surface area contributed by atoms with Gasteiger partial charge in [-0.05, 0) is 37.3 Å². The summed E-state index contributed by atoms with van der Waals surface area (Å²) in [6.07, 6.45) is 2.13. The summed E-state index contributed by atoms with van der Waals surface area (Å²) >= 11 is 1.07. The zero-order valence-electron chi connectivity index (χ0n) is 8.18. The van der Waals surface area contributed by atoms with Gasteiger partial charge in [-0.1, -0.05) is 0 Å². The van der Waals surface area contributed by atoms with Crippen LogP contribution in [0.4, 0.5) is 8.78 Å². The van der Waals surface area contributed by atoms with Crippen LogP contribution in [-0.4, -0.2) is 12.3 Å². The third-order valence-electron chi connectivity index (χ3n) is 1.82. The summed E-state index contributed by atoms with van der Waals surface area (Å²) in [5, 5.41) is 0. The van der Waals surface area contributed by atoms with Gasteiger partial charge in [0.15, 0.2) is 0 Å². The molecule has 0 amide bonds. The van der Waals surface area contributed by atoms with E-state index in [0.717, 1.165) is 11.8 Å². The second-order valence-electron chi connectivity index (χ2n) is 3.27. The average molecular weight is 217 g/mol. The standard InChI is InChI=1S/C10H13F2NS/c1-6(13)3-7-4-8(11)10(14-2)9(12)5-7/h4-6H,3,13H2,1-2H3. The van der Waals surface area contributed by atoms with Gasteiger partial charge in [-0.3, -0.25) is 0 Å². The molecule has 0 aliphatic carbocycles. The van der Waals surface area contributed by atoms with E-state index >= 15 is 0 Å². The molecular formula is C10H13F2NS. The highest BCUT2D eigenvalue weighted by Gasteiger charge is 2.10. The van der Waals surface area contributed by atoms with Crippen molar-refractivity contribution in [3.05, 3.63) is 29.3 Å². The van der Waals surface area contributed by atoms with Crippen LogP contribution >= 0.6 is 11.8 Å². The third-order valence-corrected chi connectivity index (χ3v) is 2.62. The Labute approximate surface area is 86.7 Å². The minimum atomic E-state index is -0.506. The molecule has 14 heavy (non-hydrogen) atoms. The lowest BCUT2D eigenvalue weighted by molar-refractivity contribution is 0.536. The van der Waals surface area contributed by atoms with Gasteiger partial charge in [0.05, 0.1) is 4.90 Å². The van der Waals surface area contributed by atoms with E-state index in [4.69, 9.17) is 5.73 Å². The predicted molar refractivity (Wildman–Crippen MR) is 55.5 cm³/mol. The van der Waals surface area contributed by atoms with Crippen LogP contribution in [0.5, 0.6) is 0 Å². The van der Waals surface area contributed by atoms with E-state index in [-0.39, 0.29) is 10.9 Å². The summed E-state index contributed by atoms with van der Waals surface area (Å²) in [6, 6.07) is 2.60. The monoisotopic (exact) mass is 217 g/mol. The molecule has 0 aliphatic rings. The third kappa shape index (κ3) is 2.69. The molecule has 1 rings (SSSR count). The fourth-order valence-corrected chi connectivity index (χ4v) is 1.80. The molecule has 1 unspecified atom stereocenters. The van der Waals surface area contributed by atoms with Gasteiger partial charge in [0.2, 0.25) is 0 Å². The van der Waals surface area contributed by atoms with Gasteiger partial charge in [0.25, 0.3) is 0 Å². The number of nitrogens with two attached hydrogens (primary N) is 1. The minimum absolute atomic E-state index is 0.0680. The Hall–Kier alpha value is -0.610. The molecule has 1 atom stereocenters. The van der Waals surface area contributed by atoms with E-state index < -0.39 is 11.6 Å². The van der Waals surface area contributed by atoms with E-state index in [2.05, 4.69) is 0 Å². The fourth-order valence-electron chi connectivity index (χ4n) is 1.30. The largest absolute Gasteiger partial charge is 0.328 e. The Morgan fingerprint density at radius 3 is 2.21 bits per heavy atom. The number of benzene rings is 1. The zero-order chi connectivity index (χ0) is 10.7. The Kier molecular flexibility index (Phi) is 3.89. The highest BCUT2D eigenvalue weighted by atomic mass is 32.2. The lowest BCUT2D eigenvalue weighted by atomic mass is 10.1. The molecule has 0 saturated carbocycles. The van der Waals surface area contributed by atoms with Crippen molar-refractivity contribution in [3.8, 4) is 0 Å². The highest BCUT2D eigenvalue weighted by molar-refractivity contribution is 7.98. The quantitative estimate of drug-likeness (QED) is 0.787. The predicted octanol–water partition coefficient (Wildman–Crippen LogP) is 2.58. The molecule has 0 fully saturated rings. The first-order valence-electron chi connectivity index (χ1n) is 4.32. The van der Waals surface area contributed by atoms with Crippen LogP contribution in [-0.2, 0) is 6.42 Å². The van der Waals surface area contributed by atoms with E-state index in [0.29, 0.717) is 12.0 Å². The van der Waals surface area contributed by atoms with Crippen LogP contribution < -0.4 is 5.73 Å². The van der Waals surface area contributed by atoms with Crippen LogP contribution in [0.15, 0.2) is 17.0 Å². The van der Waals surface area contributed by atoms with Gasteiger partial charge in [-0.2, -0.15) is 0 Å². The molecule has 0 heterocycles. The summed E-state index contributed by atoms with van der Waals surface area (Å²) < 4.78 is 26.5. The maximum absolute atomic E-state index is 13.3. The fraction of sp³-hybridized carbons (Fsp3) is 0.400.